The van der Waals surface area contributed by atoms with E-state index in [1.807, 2.05) is 0 Å². The molecule has 2 rings (SSSR count). The zero-order chi connectivity index (χ0) is 14.9. The van der Waals surface area contributed by atoms with Crippen LogP contribution in [-0.4, -0.2) is 45.1 Å². The fraction of sp³-hybridized carbons (Fsp3) is 0.545. The summed E-state index contributed by atoms with van der Waals surface area (Å²) in [5, 5.41) is 2.63. The topological polar surface area (TPSA) is 75.7 Å². The van der Waals surface area contributed by atoms with Crippen LogP contribution >= 0.6 is 27.3 Å². The molecule has 0 radical (unpaired) electrons. The molecule has 0 saturated carbocycles. The SMILES string of the molecule is COC(=O)NC1CCN(S(=O)(=O)c2cc(Br)sc2C)C1. The second kappa shape index (κ2) is 6.00. The number of rotatable bonds is 3. The highest BCUT2D eigenvalue weighted by molar-refractivity contribution is 9.11. The molecule has 112 valence electrons. The molecule has 0 aliphatic carbocycles. The van der Waals surface area contributed by atoms with Gasteiger partial charge >= 0.3 is 6.09 Å². The van der Waals surface area contributed by atoms with Gasteiger partial charge < -0.3 is 10.1 Å². The minimum Gasteiger partial charge on any atom is -0.453 e. The molecule has 1 aliphatic rings. The summed E-state index contributed by atoms with van der Waals surface area (Å²) in [6.45, 7) is 2.44. The van der Waals surface area contributed by atoms with E-state index in [4.69, 9.17) is 0 Å². The highest BCUT2D eigenvalue weighted by Gasteiger charge is 2.34. The first-order valence-electron chi connectivity index (χ1n) is 5.95. The Balaban J connectivity index is 2.13. The van der Waals surface area contributed by atoms with Gasteiger partial charge in [0.15, 0.2) is 0 Å². The zero-order valence-corrected chi connectivity index (χ0v) is 14.3. The molecule has 1 N–H and O–H groups in total. The Morgan fingerprint density at radius 3 is 2.85 bits per heavy atom. The Kier molecular flexibility index (Phi) is 4.73. The molecule has 1 saturated heterocycles. The van der Waals surface area contributed by atoms with Crippen molar-refractivity contribution >= 4 is 43.4 Å². The van der Waals surface area contributed by atoms with E-state index in [0.717, 1.165) is 8.66 Å². The van der Waals surface area contributed by atoms with Gasteiger partial charge in [-0.1, -0.05) is 0 Å². The van der Waals surface area contributed by atoms with Crippen molar-refractivity contribution in [2.45, 2.75) is 24.3 Å². The third-order valence-electron chi connectivity index (χ3n) is 3.12. The maximum Gasteiger partial charge on any atom is 0.407 e. The van der Waals surface area contributed by atoms with Gasteiger partial charge in [0.05, 0.1) is 15.8 Å². The summed E-state index contributed by atoms with van der Waals surface area (Å²) < 4.78 is 31.8. The summed E-state index contributed by atoms with van der Waals surface area (Å²) in [4.78, 5) is 12.2. The van der Waals surface area contributed by atoms with Crippen LogP contribution in [0.3, 0.4) is 0 Å². The lowest BCUT2D eigenvalue weighted by Crippen LogP contribution is -2.38. The number of hydrogen-bond acceptors (Lipinski definition) is 5. The van der Waals surface area contributed by atoms with Gasteiger partial charge in [-0.2, -0.15) is 4.31 Å². The number of ether oxygens (including phenoxy) is 1. The fourth-order valence-corrected chi connectivity index (χ4v) is 6.00. The van der Waals surface area contributed by atoms with Gasteiger partial charge in [-0.15, -0.1) is 11.3 Å². The molecule has 20 heavy (non-hydrogen) atoms. The lowest BCUT2D eigenvalue weighted by Gasteiger charge is -2.16. The van der Waals surface area contributed by atoms with E-state index in [9.17, 15) is 13.2 Å². The number of nitrogens with one attached hydrogen (secondary N) is 1. The molecule has 1 aromatic heterocycles. The number of alkyl carbamates (subject to hydrolysis) is 1. The molecule has 2 heterocycles. The van der Waals surface area contributed by atoms with E-state index < -0.39 is 16.1 Å². The standard InChI is InChI=1S/C11H15BrN2O4S2/c1-7-9(5-10(12)19-7)20(16,17)14-4-3-8(6-14)13-11(15)18-2/h5,8H,3-4,6H2,1-2H3,(H,13,15). The Labute approximate surface area is 130 Å². The molecule has 0 spiro atoms. The Morgan fingerprint density at radius 1 is 1.60 bits per heavy atom. The minimum atomic E-state index is -3.50. The minimum absolute atomic E-state index is 0.209. The fourth-order valence-electron chi connectivity index (χ4n) is 2.12. The van der Waals surface area contributed by atoms with Crippen LogP contribution in [0.4, 0.5) is 4.79 Å². The van der Waals surface area contributed by atoms with Crippen LogP contribution in [-0.2, 0) is 14.8 Å². The number of hydrogen-bond donors (Lipinski definition) is 1. The van der Waals surface area contributed by atoms with Crippen molar-refractivity contribution < 1.29 is 17.9 Å². The van der Waals surface area contributed by atoms with Crippen molar-refractivity contribution in [3.05, 3.63) is 14.7 Å². The first-order chi connectivity index (χ1) is 9.34. The highest BCUT2D eigenvalue weighted by Crippen LogP contribution is 2.32. The van der Waals surface area contributed by atoms with Crippen molar-refractivity contribution in [2.24, 2.45) is 0 Å². The van der Waals surface area contributed by atoms with Gasteiger partial charge in [0, 0.05) is 24.0 Å². The number of carbonyl (C=O) groups is 1. The molecular formula is C11H15BrN2O4S2. The number of amides is 1. The van der Waals surface area contributed by atoms with Crippen LogP contribution in [0, 0.1) is 6.92 Å². The summed E-state index contributed by atoms with van der Waals surface area (Å²) in [5.74, 6) is 0. The average molecular weight is 383 g/mol. The van der Waals surface area contributed by atoms with Crippen LogP contribution < -0.4 is 5.32 Å². The normalized spacial score (nSPS) is 20.1. The van der Waals surface area contributed by atoms with Crippen molar-refractivity contribution in [1.29, 1.82) is 0 Å². The molecule has 1 aliphatic heterocycles. The van der Waals surface area contributed by atoms with Crippen LogP contribution in [0.5, 0.6) is 0 Å². The molecule has 0 aromatic carbocycles. The third-order valence-corrected chi connectivity index (χ3v) is 6.79. The molecule has 6 nitrogen and oxygen atoms in total. The summed E-state index contributed by atoms with van der Waals surface area (Å²) in [6, 6.07) is 1.41. The quantitative estimate of drug-likeness (QED) is 0.866. The van der Waals surface area contributed by atoms with Crippen molar-refractivity contribution in [2.75, 3.05) is 20.2 Å². The number of nitrogens with zero attached hydrogens (tertiary/aromatic N) is 1. The molecule has 1 atom stereocenters. The number of halogens is 1. The van der Waals surface area contributed by atoms with Gasteiger partial charge in [0.25, 0.3) is 0 Å². The predicted octanol–water partition coefficient (Wildman–Crippen LogP) is 1.94. The molecule has 1 unspecified atom stereocenters. The van der Waals surface area contributed by atoms with Crippen LogP contribution in [0.2, 0.25) is 0 Å². The Morgan fingerprint density at radius 2 is 2.30 bits per heavy atom. The number of aryl methyl sites for hydroxylation is 1. The molecule has 1 aromatic rings. The first kappa shape index (κ1) is 15.7. The highest BCUT2D eigenvalue weighted by atomic mass is 79.9. The van der Waals surface area contributed by atoms with E-state index in [-0.39, 0.29) is 12.6 Å². The molecule has 1 fully saturated rings. The van der Waals surface area contributed by atoms with Gasteiger partial charge in [-0.25, -0.2) is 13.2 Å². The lowest BCUT2D eigenvalue weighted by molar-refractivity contribution is 0.167. The second-order valence-electron chi connectivity index (χ2n) is 4.46. The smallest absolute Gasteiger partial charge is 0.407 e. The van der Waals surface area contributed by atoms with Crippen LogP contribution in [0.1, 0.15) is 11.3 Å². The Hall–Kier alpha value is -0.640. The molecule has 1 amide bonds. The van der Waals surface area contributed by atoms with Gasteiger partial charge in [-0.3, -0.25) is 0 Å². The van der Waals surface area contributed by atoms with Crippen molar-refractivity contribution in [3.63, 3.8) is 0 Å². The number of thiophene rings is 1. The van der Waals surface area contributed by atoms with Crippen LogP contribution in [0.15, 0.2) is 14.7 Å². The van der Waals surface area contributed by atoms with E-state index in [1.54, 1.807) is 13.0 Å². The second-order valence-corrected chi connectivity index (χ2v) is 9.00. The largest absolute Gasteiger partial charge is 0.453 e. The van der Waals surface area contributed by atoms with Crippen molar-refractivity contribution in [1.82, 2.24) is 9.62 Å². The average Bonchev–Trinajstić information content (AvgIpc) is 2.96. The lowest BCUT2D eigenvalue weighted by atomic mass is 10.3. The summed E-state index contributed by atoms with van der Waals surface area (Å²) in [6.07, 6.45) is 0.0438. The van der Waals surface area contributed by atoms with E-state index in [0.29, 0.717) is 17.9 Å². The van der Waals surface area contributed by atoms with Crippen molar-refractivity contribution in [3.8, 4) is 0 Å². The molecular weight excluding hydrogens is 368 g/mol. The summed E-state index contributed by atoms with van der Waals surface area (Å²) in [7, 11) is -2.22. The predicted molar refractivity (Wildman–Crippen MR) is 79.5 cm³/mol. The van der Waals surface area contributed by atoms with Crippen LogP contribution in [0.25, 0.3) is 0 Å². The maximum absolute atomic E-state index is 12.5. The van der Waals surface area contributed by atoms with E-state index in [1.165, 1.54) is 22.8 Å². The van der Waals surface area contributed by atoms with Gasteiger partial charge in [0.1, 0.15) is 0 Å². The number of carbonyl (C=O) groups excluding carboxylic acids is 1. The Bertz CT molecular complexity index is 614. The maximum atomic E-state index is 12.5. The van der Waals surface area contributed by atoms with E-state index in [2.05, 4.69) is 26.0 Å². The monoisotopic (exact) mass is 382 g/mol. The van der Waals surface area contributed by atoms with E-state index >= 15 is 0 Å². The third kappa shape index (κ3) is 3.16. The summed E-state index contributed by atoms with van der Waals surface area (Å²) in [5.41, 5.74) is 0. The van der Waals surface area contributed by atoms with Gasteiger partial charge in [0.2, 0.25) is 10.0 Å². The first-order valence-corrected chi connectivity index (χ1v) is 9.00. The summed E-state index contributed by atoms with van der Waals surface area (Å²) >= 11 is 4.69. The molecule has 0 bridgehead atoms. The number of sulfonamides is 1. The van der Waals surface area contributed by atoms with Gasteiger partial charge in [-0.05, 0) is 35.3 Å². The molecule has 9 heteroatoms. The number of methoxy groups -OCH3 is 1. The zero-order valence-electron chi connectivity index (χ0n) is 11.1.